The monoisotopic (exact) mass is 427 g/mol. The summed E-state index contributed by atoms with van der Waals surface area (Å²) in [7, 11) is -3.90. The lowest BCUT2D eigenvalue weighted by atomic mass is 10.2. The Kier molecular flexibility index (Phi) is 6.18. The first-order valence-corrected chi connectivity index (χ1v) is 8.96. The third-order valence-electron chi connectivity index (χ3n) is 2.68. The molecule has 0 aliphatic carbocycles. The number of carboxylic acids is 1. The van der Waals surface area contributed by atoms with Crippen molar-refractivity contribution in [2.45, 2.75) is 37.6 Å². The van der Waals surface area contributed by atoms with Crippen LogP contribution >= 0.6 is 31.9 Å². The zero-order chi connectivity index (χ0) is 15.5. The number of carbonyl (C=O) groups is 1. The standard InChI is InChI=1S/C12H15Br2NO4S/c1-3-4-10(12(16)17)15-20(18,19)11-6-8(13)7(2)5-9(11)14/h5-6,10,15H,3-4H2,1-2H3,(H,16,17). The number of hydrogen-bond acceptors (Lipinski definition) is 3. The van der Waals surface area contributed by atoms with Gasteiger partial charge in [0.1, 0.15) is 6.04 Å². The quantitative estimate of drug-likeness (QED) is 0.729. The van der Waals surface area contributed by atoms with Gasteiger partial charge in [-0.1, -0.05) is 29.3 Å². The van der Waals surface area contributed by atoms with E-state index in [1.165, 1.54) is 6.07 Å². The number of nitrogens with one attached hydrogen (secondary N) is 1. The van der Waals surface area contributed by atoms with Crippen molar-refractivity contribution in [3.8, 4) is 0 Å². The second-order valence-electron chi connectivity index (χ2n) is 4.33. The molecule has 0 saturated carbocycles. The van der Waals surface area contributed by atoms with Gasteiger partial charge in [-0.3, -0.25) is 4.79 Å². The number of aryl methyl sites for hydroxylation is 1. The average Bonchev–Trinajstić information content (AvgIpc) is 2.32. The van der Waals surface area contributed by atoms with E-state index >= 15 is 0 Å². The van der Waals surface area contributed by atoms with E-state index in [-0.39, 0.29) is 11.3 Å². The lowest BCUT2D eigenvalue weighted by Crippen LogP contribution is -2.40. The van der Waals surface area contributed by atoms with Gasteiger partial charge in [0, 0.05) is 8.95 Å². The lowest BCUT2D eigenvalue weighted by Gasteiger charge is -2.15. The van der Waals surface area contributed by atoms with Crippen molar-refractivity contribution in [2.24, 2.45) is 0 Å². The second kappa shape index (κ2) is 7.02. The molecule has 0 fully saturated rings. The van der Waals surface area contributed by atoms with Gasteiger partial charge in [0.05, 0.1) is 4.90 Å². The molecule has 0 saturated heterocycles. The summed E-state index contributed by atoms with van der Waals surface area (Å²) in [4.78, 5) is 11.1. The van der Waals surface area contributed by atoms with Crippen LogP contribution < -0.4 is 4.72 Å². The molecule has 0 heterocycles. The maximum Gasteiger partial charge on any atom is 0.321 e. The molecule has 0 spiro atoms. The predicted octanol–water partition coefficient (Wildman–Crippen LogP) is 3.05. The molecule has 0 aromatic heterocycles. The van der Waals surface area contributed by atoms with Crippen molar-refractivity contribution in [1.29, 1.82) is 0 Å². The normalized spacial score (nSPS) is 13.2. The molecule has 5 nitrogen and oxygen atoms in total. The molecule has 0 bridgehead atoms. The van der Waals surface area contributed by atoms with Crippen LogP contribution in [0, 0.1) is 6.92 Å². The van der Waals surface area contributed by atoms with Gasteiger partial charge in [0.2, 0.25) is 10.0 Å². The molecule has 1 aromatic carbocycles. The summed E-state index contributed by atoms with van der Waals surface area (Å²) >= 11 is 6.46. The van der Waals surface area contributed by atoms with E-state index in [1.807, 2.05) is 6.92 Å². The van der Waals surface area contributed by atoms with Crippen LogP contribution in [0.15, 0.2) is 26.0 Å². The molecule has 0 radical (unpaired) electrons. The first-order chi connectivity index (χ1) is 9.19. The smallest absolute Gasteiger partial charge is 0.321 e. The van der Waals surface area contributed by atoms with Crippen LogP contribution in [0.5, 0.6) is 0 Å². The number of halogens is 2. The van der Waals surface area contributed by atoms with Crippen LogP contribution in [0.3, 0.4) is 0 Å². The second-order valence-corrected chi connectivity index (χ2v) is 7.72. The molecule has 8 heteroatoms. The Morgan fingerprint density at radius 2 is 1.95 bits per heavy atom. The molecule has 1 atom stereocenters. The van der Waals surface area contributed by atoms with Crippen LogP contribution in [0.1, 0.15) is 25.3 Å². The van der Waals surface area contributed by atoms with Crippen molar-refractivity contribution in [3.63, 3.8) is 0 Å². The molecular weight excluding hydrogens is 414 g/mol. The van der Waals surface area contributed by atoms with Gasteiger partial charge in [0.25, 0.3) is 0 Å². The summed E-state index contributed by atoms with van der Waals surface area (Å²) in [5, 5.41) is 9.03. The van der Waals surface area contributed by atoms with Crippen LogP contribution in [0.25, 0.3) is 0 Å². The summed E-state index contributed by atoms with van der Waals surface area (Å²) < 4.78 is 27.8. The maximum atomic E-state index is 12.3. The van der Waals surface area contributed by atoms with Crippen molar-refractivity contribution in [3.05, 3.63) is 26.6 Å². The van der Waals surface area contributed by atoms with Gasteiger partial charge in [-0.05, 0) is 47.0 Å². The number of benzene rings is 1. The molecule has 0 amide bonds. The van der Waals surface area contributed by atoms with Gasteiger partial charge in [-0.2, -0.15) is 4.72 Å². The molecule has 20 heavy (non-hydrogen) atoms. The van der Waals surface area contributed by atoms with E-state index in [0.717, 1.165) is 5.56 Å². The van der Waals surface area contributed by atoms with Gasteiger partial charge >= 0.3 is 5.97 Å². The Labute approximate surface area is 135 Å². The topological polar surface area (TPSA) is 83.5 Å². The molecule has 1 aromatic rings. The van der Waals surface area contributed by atoms with Crippen molar-refractivity contribution in [2.75, 3.05) is 0 Å². The third kappa shape index (κ3) is 4.28. The maximum absolute atomic E-state index is 12.3. The first-order valence-electron chi connectivity index (χ1n) is 5.89. The van der Waals surface area contributed by atoms with E-state index in [0.29, 0.717) is 15.4 Å². The molecule has 2 N–H and O–H groups in total. The van der Waals surface area contributed by atoms with Crippen molar-refractivity contribution in [1.82, 2.24) is 4.72 Å². The van der Waals surface area contributed by atoms with Crippen LogP contribution in [-0.2, 0) is 14.8 Å². The number of carboxylic acid groups (broad SMARTS) is 1. The minimum atomic E-state index is -3.90. The summed E-state index contributed by atoms with van der Waals surface area (Å²) in [6.45, 7) is 3.62. The zero-order valence-electron chi connectivity index (χ0n) is 11.0. The number of rotatable bonds is 6. The number of hydrogen-bond donors (Lipinski definition) is 2. The van der Waals surface area contributed by atoms with Gasteiger partial charge < -0.3 is 5.11 Å². The van der Waals surface area contributed by atoms with Gasteiger partial charge in [-0.15, -0.1) is 0 Å². The Bertz CT molecular complexity index is 616. The molecule has 1 rings (SSSR count). The first kappa shape index (κ1) is 17.6. The SMILES string of the molecule is CCCC(NS(=O)(=O)c1cc(Br)c(C)cc1Br)C(=O)O. The Balaban J connectivity index is 3.17. The highest BCUT2D eigenvalue weighted by Gasteiger charge is 2.26. The van der Waals surface area contributed by atoms with Crippen LogP contribution in [0.4, 0.5) is 0 Å². The molecule has 112 valence electrons. The van der Waals surface area contributed by atoms with Crippen molar-refractivity contribution >= 4 is 47.9 Å². The Morgan fingerprint density at radius 1 is 1.35 bits per heavy atom. The van der Waals surface area contributed by atoms with Crippen LogP contribution in [-0.4, -0.2) is 25.5 Å². The third-order valence-corrected chi connectivity index (χ3v) is 5.96. The highest BCUT2D eigenvalue weighted by atomic mass is 79.9. The largest absolute Gasteiger partial charge is 0.480 e. The van der Waals surface area contributed by atoms with E-state index in [4.69, 9.17) is 5.11 Å². The lowest BCUT2D eigenvalue weighted by molar-refractivity contribution is -0.139. The molecular formula is C12H15Br2NO4S. The zero-order valence-corrected chi connectivity index (χ0v) is 15.0. The summed E-state index contributed by atoms with van der Waals surface area (Å²) in [6.07, 6.45) is 0.803. The average molecular weight is 429 g/mol. The molecule has 1 unspecified atom stereocenters. The summed E-state index contributed by atoms with van der Waals surface area (Å²) in [6, 6.07) is 1.98. The summed E-state index contributed by atoms with van der Waals surface area (Å²) in [5.41, 5.74) is 0.874. The fourth-order valence-electron chi connectivity index (χ4n) is 1.61. The van der Waals surface area contributed by atoms with Crippen LogP contribution in [0.2, 0.25) is 0 Å². The highest BCUT2D eigenvalue weighted by molar-refractivity contribution is 9.11. The van der Waals surface area contributed by atoms with Crippen molar-refractivity contribution < 1.29 is 18.3 Å². The predicted molar refractivity (Wildman–Crippen MR) is 83.2 cm³/mol. The van der Waals surface area contributed by atoms with E-state index in [1.54, 1.807) is 13.0 Å². The fraction of sp³-hybridized carbons (Fsp3) is 0.417. The Morgan fingerprint density at radius 3 is 2.45 bits per heavy atom. The van der Waals surface area contributed by atoms with E-state index in [9.17, 15) is 13.2 Å². The van der Waals surface area contributed by atoms with Gasteiger partial charge in [0.15, 0.2) is 0 Å². The van der Waals surface area contributed by atoms with E-state index < -0.39 is 22.0 Å². The van der Waals surface area contributed by atoms with Gasteiger partial charge in [-0.25, -0.2) is 8.42 Å². The summed E-state index contributed by atoms with van der Waals surface area (Å²) in [5.74, 6) is -1.18. The highest BCUT2D eigenvalue weighted by Crippen LogP contribution is 2.29. The number of aliphatic carboxylic acids is 1. The van der Waals surface area contributed by atoms with E-state index in [2.05, 4.69) is 36.6 Å². The Hall–Kier alpha value is -0.440. The minimum Gasteiger partial charge on any atom is -0.480 e. The number of sulfonamides is 1. The molecule has 0 aliphatic rings. The fourth-order valence-corrected chi connectivity index (χ4v) is 4.51. The molecule has 0 aliphatic heterocycles. The minimum absolute atomic E-state index is 0.0114.